The fourth-order valence-electron chi connectivity index (χ4n) is 3.03. The number of carbonyl (C=O) groups is 2. The van der Waals surface area contributed by atoms with Crippen LogP contribution >= 0.6 is 0 Å². The standard InChI is InChI=1S/C20H27N3O4/c1-5-13(4)17(20(26)27)22-18(24)16(10-12(2)3)23-11-21-15-9-7-6-8-14(15)19(23)25/h6-9,11-13,16-17H,5,10H2,1-4H3,(H,22,24)(H,26,27). The topological polar surface area (TPSA) is 101 Å². The lowest BCUT2D eigenvalue weighted by Crippen LogP contribution is -2.48. The molecule has 0 bridgehead atoms. The van der Waals surface area contributed by atoms with Crippen molar-refractivity contribution in [2.24, 2.45) is 11.8 Å². The van der Waals surface area contributed by atoms with E-state index in [9.17, 15) is 19.5 Å². The van der Waals surface area contributed by atoms with Crippen molar-refractivity contribution in [2.75, 3.05) is 0 Å². The molecule has 1 aromatic carbocycles. The molecule has 2 aromatic rings. The number of carbonyl (C=O) groups excluding carboxylic acids is 1. The molecule has 3 atom stereocenters. The molecule has 0 fully saturated rings. The van der Waals surface area contributed by atoms with Gasteiger partial charge in [-0.3, -0.25) is 14.2 Å². The normalized spacial score (nSPS) is 14.7. The van der Waals surface area contributed by atoms with E-state index in [-0.39, 0.29) is 17.4 Å². The number of carboxylic acids is 1. The number of hydrogen-bond acceptors (Lipinski definition) is 4. The second kappa shape index (κ2) is 8.79. The average molecular weight is 373 g/mol. The molecule has 0 saturated heterocycles. The van der Waals surface area contributed by atoms with Gasteiger partial charge in [0.25, 0.3) is 5.56 Å². The highest BCUT2D eigenvalue weighted by atomic mass is 16.4. The van der Waals surface area contributed by atoms with E-state index in [4.69, 9.17) is 0 Å². The van der Waals surface area contributed by atoms with Crippen LogP contribution in [0.1, 0.15) is 46.6 Å². The molecule has 2 rings (SSSR count). The minimum Gasteiger partial charge on any atom is -0.480 e. The van der Waals surface area contributed by atoms with Crippen LogP contribution in [0.15, 0.2) is 35.4 Å². The second-order valence-electron chi connectivity index (χ2n) is 7.33. The van der Waals surface area contributed by atoms with E-state index in [1.807, 2.05) is 20.8 Å². The summed E-state index contributed by atoms with van der Waals surface area (Å²) < 4.78 is 1.31. The summed E-state index contributed by atoms with van der Waals surface area (Å²) in [6, 6.07) is 5.13. The molecule has 2 N–H and O–H groups in total. The maximum absolute atomic E-state index is 12.9. The first-order valence-corrected chi connectivity index (χ1v) is 9.25. The van der Waals surface area contributed by atoms with Gasteiger partial charge in [0.1, 0.15) is 12.1 Å². The van der Waals surface area contributed by atoms with Crippen molar-refractivity contribution in [3.63, 3.8) is 0 Å². The van der Waals surface area contributed by atoms with Gasteiger partial charge in [-0.05, 0) is 30.4 Å². The Kier molecular flexibility index (Phi) is 6.71. The van der Waals surface area contributed by atoms with E-state index in [0.717, 1.165) is 0 Å². The molecular weight excluding hydrogens is 346 g/mol. The largest absolute Gasteiger partial charge is 0.480 e. The number of benzene rings is 1. The molecule has 3 unspecified atom stereocenters. The van der Waals surface area contributed by atoms with Gasteiger partial charge in [-0.15, -0.1) is 0 Å². The predicted molar refractivity (Wildman–Crippen MR) is 104 cm³/mol. The quantitative estimate of drug-likeness (QED) is 0.741. The van der Waals surface area contributed by atoms with Gasteiger partial charge in [0, 0.05) is 0 Å². The van der Waals surface area contributed by atoms with Crippen LogP contribution in [0.2, 0.25) is 0 Å². The van der Waals surface area contributed by atoms with E-state index in [0.29, 0.717) is 23.7 Å². The highest BCUT2D eigenvalue weighted by molar-refractivity contribution is 5.86. The SMILES string of the molecule is CCC(C)C(NC(=O)C(CC(C)C)n1cnc2ccccc2c1=O)C(=O)O. The van der Waals surface area contributed by atoms with Crippen molar-refractivity contribution in [1.29, 1.82) is 0 Å². The number of para-hydroxylation sites is 1. The molecule has 0 aliphatic carbocycles. The first-order valence-electron chi connectivity index (χ1n) is 9.25. The Morgan fingerprint density at radius 2 is 1.89 bits per heavy atom. The summed E-state index contributed by atoms with van der Waals surface area (Å²) in [5, 5.41) is 12.5. The Morgan fingerprint density at radius 1 is 1.22 bits per heavy atom. The van der Waals surface area contributed by atoms with E-state index in [1.54, 1.807) is 31.2 Å². The summed E-state index contributed by atoms with van der Waals surface area (Å²) >= 11 is 0. The van der Waals surface area contributed by atoms with Crippen molar-refractivity contribution in [3.8, 4) is 0 Å². The van der Waals surface area contributed by atoms with Gasteiger partial charge in [0.2, 0.25) is 5.91 Å². The lowest BCUT2D eigenvalue weighted by Gasteiger charge is -2.25. The van der Waals surface area contributed by atoms with Gasteiger partial charge in [-0.25, -0.2) is 9.78 Å². The fourth-order valence-corrected chi connectivity index (χ4v) is 3.03. The molecule has 1 aromatic heterocycles. The van der Waals surface area contributed by atoms with Gasteiger partial charge in [-0.2, -0.15) is 0 Å². The van der Waals surface area contributed by atoms with E-state index in [2.05, 4.69) is 10.3 Å². The number of nitrogens with zero attached hydrogens (tertiary/aromatic N) is 2. The van der Waals surface area contributed by atoms with Crippen LogP contribution in [-0.2, 0) is 9.59 Å². The highest BCUT2D eigenvalue weighted by Gasteiger charge is 2.30. The summed E-state index contributed by atoms with van der Waals surface area (Å²) in [6.07, 6.45) is 2.39. The summed E-state index contributed by atoms with van der Waals surface area (Å²) in [5.74, 6) is -1.65. The maximum Gasteiger partial charge on any atom is 0.326 e. The Hall–Kier alpha value is -2.70. The second-order valence-corrected chi connectivity index (χ2v) is 7.33. The third-order valence-electron chi connectivity index (χ3n) is 4.80. The Bertz CT molecular complexity index is 875. The molecule has 0 spiro atoms. The molecule has 0 aliphatic heterocycles. The van der Waals surface area contributed by atoms with Crippen molar-refractivity contribution in [1.82, 2.24) is 14.9 Å². The number of hydrogen-bond donors (Lipinski definition) is 2. The van der Waals surface area contributed by atoms with Crippen molar-refractivity contribution in [2.45, 2.75) is 52.6 Å². The smallest absolute Gasteiger partial charge is 0.326 e. The zero-order valence-corrected chi connectivity index (χ0v) is 16.2. The van der Waals surface area contributed by atoms with E-state index < -0.39 is 24.0 Å². The zero-order valence-electron chi connectivity index (χ0n) is 16.2. The van der Waals surface area contributed by atoms with Crippen LogP contribution in [0.25, 0.3) is 10.9 Å². The summed E-state index contributed by atoms with van der Waals surface area (Å²) in [4.78, 5) is 41.7. The maximum atomic E-state index is 12.9. The monoisotopic (exact) mass is 373 g/mol. The molecular formula is C20H27N3O4. The number of aliphatic carboxylic acids is 1. The number of carboxylic acid groups (broad SMARTS) is 1. The van der Waals surface area contributed by atoms with Gasteiger partial charge in [0.05, 0.1) is 17.2 Å². The molecule has 7 nitrogen and oxygen atoms in total. The lowest BCUT2D eigenvalue weighted by molar-refractivity contribution is -0.144. The summed E-state index contributed by atoms with van der Waals surface area (Å²) in [6.45, 7) is 7.54. The van der Waals surface area contributed by atoms with Crippen molar-refractivity contribution in [3.05, 3.63) is 40.9 Å². The van der Waals surface area contributed by atoms with Gasteiger partial charge in [0.15, 0.2) is 0 Å². The van der Waals surface area contributed by atoms with Crippen LogP contribution in [-0.4, -0.2) is 32.6 Å². The number of fused-ring (bicyclic) bond motifs is 1. The number of rotatable bonds is 8. The van der Waals surface area contributed by atoms with Crippen LogP contribution in [0.4, 0.5) is 0 Å². The average Bonchev–Trinajstić information content (AvgIpc) is 2.64. The molecule has 146 valence electrons. The van der Waals surface area contributed by atoms with Crippen molar-refractivity contribution < 1.29 is 14.7 Å². The first kappa shape index (κ1) is 20.6. The number of amides is 1. The molecule has 1 amide bonds. The first-order chi connectivity index (χ1) is 12.8. The van der Waals surface area contributed by atoms with Crippen molar-refractivity contribution >= 4 is 22.8 Å². The lowest BCUT2D eigenvalue weighted by atomic mass is 9.97. The van der Waals surface area contributed by atoms with E-state index in [1.165, 1.54) is 10.9 Å². The van der Waals surface area contributed by atoms with Gasteiger partial charge in [-0.1, -0.05) is 46.2 Å². The molecule has 1 heterocycles. The summed E-state index contributed by atoms with van der Waals surface area (Å²) in [5.41, 5.74) is 0.252. The van der Waals surface area contributed by atoms with Crippen LogP contribution in [0.5, 0.6) is 0 Å². The predicted octanol–water partition coefficient (Wildman–Crippen LogP) is 2.60. The van der Waals surface area contributed by atoms with Gasteiger partial charge >= 0.3 is 5.97 Å². The molecule has 0 radical (unpaired) electrons. The number of aromatic nitrogens is 2. The molecule has 27 heavy (non-hydrogen) atoms. The number of nitrogens with one attached hydrogen (secondary N) is 1. The zero-order chi connectivity index (χ0) is 20.1. The molecule has 0 aliphatic rings. The Labute approximate surface area is 158 Å². The third-order valence-corrected chi connectivity index (χ3v) is 4.80. The van der Waals surface area contributed by atoms with Gasteiger partial charge < -0.3 is 10.4 Å². The van der Waals surface area contributed by atoms with Crippen LogP contribution in [0, 0.1) is 11.8 Å². The van der Waals surface area contributed by atoms with Crippen LogP contribution in [0.3, 0.4) is 0 Å². The fraction of sp³-hybridized carbons (Fsp3) is 0.500. The van der Waals surface area contributed by atoms with Crippen LogP contribution < -0.4 is 10.9 Å². The Balaban J connectivity index is 2.43. The molecule has 0 saturated carbocycles. The minimum absolute atomic E-state index is 0.131. The molecule has 7 heteroatoms. The third kappa shape index (κ3) is 4.72. The van der Waals surface area contributed by atoms with E-state index >= 15 is 0 Å². The summed E-state index contributed by atoms with van der Waals surface area (Å²) in [7, 11) is 0. The highest BCUT2D eigenvalue weighted by Crippen LogP contribution is 2.19. The Morgan fingerprint density at radius 3 is 2.48 bits per heavy atom. The minimum atomic E-state index is -1.08.